The first-order valence-electron chi connectivity index (χ1n) is 11.2. The van der Waals surface area contributed by atoms with Crippen molar-refractivity contribution < 1.29 is 18.3 Å². The van der Waals surface area contributed by atoms with Gasteiger partial charge in [0.2, 0.25) is 5.91 Å². The summed E-state index contributed by atoms with van der Waals surface area (Å²) in [5.74, 6) is -0.338. The first kappa shape index (κ1) is 27.4. The van der Waals surface area contributed by atoms with E-state index in [2.05, 4.69) is 14.8 Å². The lowest BCUT2D eigenvalue weighted by Gasteiger charge is -2.16. The average molecular weight is 532 g/mol. The van der Waals surface area contributed by atoms with Gasteiger partial charge < -0.3 is 15.3 Å². The number of halogens is 1. The van der Waals surface area contributed by atoms with Gasteiger partial charge in [0.1, 0.15) is 6.34 Å². The van der Waals surface area contributed by atoms with Crippen LogP contribution in [0.5, 0.6) is 0 Å². The number of carbonyl (C=O) groups excluding carboxylic acids is 1. The van der Waals surface area contributed by atoms with Crippen LogP contribution in [0.3, 0.4) is 0 Å². The van der Waals surface area contributed by atoms with E-state index in [1.54, 1.807) is 81.4 Å². The molecule has 0 bridgehead atoms. The topological polar surface area (TPSA) is 117 Å². The van der Waals surface area contributed by atoms with Gasteiger partial charge in [0.05, 0.1) is 23.1 Å². The van der Waals surface area contributed by atoms with Crippen LogP contribution >= 0.6 is 11.6 Å². The lowest BCUT2D eigenvalue weighted by atomic mass is 10.1. The zero-order valence-corrected chi connectivity index (χ0v) is 22.2. The Morgan fingerprint density at radius 3 is 2.64 bits per heavy atom. The van der Waals surface area contributed by atoms with E-state index >= 15 is 0 Å². The van der Waals surface area contributed by atoms with Crippen LogP contribution in [0.2, 0.25) is 5.02 Å². The third-order valence-electron chi connectivity index (χ3n) is 5.17. The Bertz CT molecular complexity index is 1360. The van der Waals surface area contributed by atoms with Crippen LogP contribution in [-0.4, -0.2) is 60.1 Å². The number of aryl methyl sites for hydroxylation is 1. The van der Waals surface area contributed by atoms with E-state index in [0.29, 0.717) is 40.4 Å². The average Bonchev–Trinajstić information content (AvgIpc) is 3.26. The number of aliphatic hydroxyl groups is 1. The fourth-order valence-corrected chi connectivity index (χ4v) is 4.67. The van der Waals surface area contributed by atoms with Gasteiger partial charge in [-0.2, -0.15) is 13.5 Å². The van der Waals surface area contributed by atoms with E-state index in [-0.39, 0.29) is 17.2 Å². The van der Waals surface area contributed by atoms with E-state index < -0.39 is 15.6 Å². The van der Waals surface area contributed by atoms with Crippen LogP contribution in [0, 0.1) is 0 Å². The Morgan fingerprint density at radius 1 is 1.25 bits per heavy atom. The van der Waals surface area contributed by atoms with Gasteiger partial charge in [0.25, 0.3) is 10.0 Å². The molecule has 0 aliphatic carbocycles. The number of rotatable bonds is 10. The molecule has 2 N–H and O–H groups in total. The summed E-state index contributed by atoms with van der Waals surface area (Å²) in [6, 6.07) is 11.7. The van der Waals surface area contributed by atoms with Crippen LogP contribution in [0.15, 0.2) is 64.2 Å². The van der Waals surface area contributed by atoms with Crippen LogP contribution in [0.4, 0.5) is 5.69 Å². The molecule has 3 aromatic rings. The third kappa shape index (κ3) is 7.64. The molecule has 0 unspecified atom stereocenters. The highest BCUT2D eigenvalue weighted by Crippen LogP contribution is 2.31. The van der Waals surface area contributed by atoms with Crippen molar-refractivity contribution in [1.29, 1.82) is 0 Å². The fraction of sp³-hybridized carbons (Fsp3) is 0.320. The number of carbonyl (C=O) groups is 1. The molecule has 0 saturated heterocycles. The highest BCUT2D eigenvalue weighted by Gasteiger charge is 2.21. The van der Waals surface area contributed by atoms with E-state index in [0.717, 1.165) is 0 Å². The number of hydrogen-bond acceptors (Lipinski definition) is 5. The first-order chi connectivity index (χ1) is 16.8. The van der Waals surface area contributed by atoms with Gasteiger partial charge in [-0.1, -0.05) is 35.9 Å². The molecule has 0 spiro atoms. The molecule has 2 aromatic carbocycles. The smallest absolute Gasteiger partial charge is 0.284 e. The maximum absolute atomic E-state index is 13.2. The van der Waals surface area contributed by atoms with Crippen molar-refractivity contribution in [1.82, 2.24) is 14.7 Å². The summed E-state index contributed by atoms with van der Waals surface area (Å²) in [5.41, 5.74) is 1.08. The van der Waals surface area contributed by atoms with Gasteiger partial charge >= 0.3 is 0 Å². The Morgan fingerprint density at radius 2 is 1.97 bits per heavy atom. The van der Waals surface area contributed by atoms with Crippen LogP contribution < -0.4 is 5.32 Å². The molecule has 0 radical (unpaired) electrons. The number of anilines is 1. The predicted octanol–water partition coefficient (Wildman–Crippen LogP) is 3.82. The monoisotopic (exact) mass is 531 g/mol. The van der Waals surface area contributed by atoms with Gasteiger partial charge in [-0.05, 0) is 44.0 Å². The zero-order chi connectivity index (χ0) is 26.5. The zero-order valence-electron chi connectivity index (χ0n) is 20.6. The number of aromatic nitrogens is 2. The second-order valence-electron chi connectivity index (χ2n) is 9.24. The van der Waals surface area contributed by atoms with Crippen LogP contribution in [0.1, 0.15) is 25.8 Å². The fourth-order valence-electron chi connectivity index (χ4n) is 3.30. The molecular formula is C25H30ClN5O4S. The number of hydrogen-bond donors (Lipinski definition) is 2. The van der Waals surface area contributed by atoms with Crippen molar-refractivity contribution in [2.45, 2.75) is 43.7 Å². The minimum absolute atomic E-state index is 0.0380. The molecule has 0 saturated carbocycles. The minimum atomic E-state index is -4.11. The van der Waals surface area contributed by atoms with Crippen molar-refractivity contribution in [2.75, 3.05) is 19.4 Å². The molecule has 3 rings (SSSR count). The second kappa shape index (κ2) is 11.2. The number of nitrogens with zero attached hydrogens (tertiary/aromatic N) is 4. The SMILES string of the molecule is CN(C)/C=N/S(=O)(=O)c1cc(NC(=O)Cc2ccccc2Cl)ccc1-c1cnn(CCC(C)(C)O)c1. The van der Waals surface area contributed by atoms with Crippen molar-refractivity contribution >= 4 is 39.6 Å². The first-order valence-corrected chi connectivity index (χ1v) is 13.1. The molecule has 9 nitrogen and oxygen atoms in total. The summed E-state index contributed by atoms with van der Waals surface area (Å²) in [6.07, 6.45) is 4.99. The van der Waals surface area contributed by atoms with Crippen molar-refractivity contribution in [2.24, 2.45) is 4.40 Å². The van der Waals surface area contributed by atoms with Gasteiger partial charge in [-0.15, -0.1) is 4.40 Å². The summed E-state index contributed by atoms with van der Waals surface area (Å²) in [7, 11) is -0.777. The van der Waals surface area contributed by atoms with Crippen molar-refractivity contribution in [3.05, 3.63) is 65.4 Å². The van der Waals surface area contributed by atoms with Gasteiger partial charge in [0.15, 0.2) is 0 Å². The number of benzene rings is 2. The Labute approximate surface area is 216 Å². The third-order valence-corrected chi connectivity index (χ3v) is 6.80. The molecule has 0 atom stereocenters. The Kier molecular flexibility index (Phi) is 8.55. The summed E-state index contributed by atoms with van der Waals surface area (Å²) < 4.78 is 31.7. The molecule has 11 heteroatoms. The van der Waals surface area contributed by atoms with Gasteiger partial charge in [-0.25, -0.2) is 0 Å². The summed E-state index contributed by atoms with van der Waals surface area (Å²) in [4.78, 5) is 14.1. The Balaban J connectivity index is 1.94. The summed E-state index contributed by atoms with van der Waals surface area (Å²) in [6.45, 7) is 3.88. The standard InChI is InChI=1S/C25H30ClN5O4S/c1-25(2,33)11-12-31-16-19(15-27-31)21-10-9-20(14-23(21)36(34,35)28-17-30(3)4)29-24(32)13-18-7-5-6-8-22(18)26/h5-10,14-17,33H,11-13H2,1-4H3,(H,29,32)/b28-17+. The molecule has 1 aromatic heterocycles. The lowest BCUT2D eigenvalue weighted by molar-refractivity contribution is -0.115. The summed E-state index contributed by atoms with van der Waals surface area (Å²) in [5, 5.41) is 17.5. The van der Waals surface area contributed by atoms with E-state index in [1.165, 1.54) is 17.3 Å². The molecule has 1 amide bonds. The van der Waals surface area contributed by atoms with Crippen LogP contribution in [-0.2, 0) is 27.8 Å². The number of sulfonamides is 1. The van der Waals surface area contributed by atoms with Gasteiger partial charge in [-0.3, -0.25) is 9.48 Å². The minimum Gasteiger partial charge on any atom is -0.390 e. The highest BCUT2D eigenvalue weighted by atomic mass is 35.5. The van der Waals surface area contributed by atoms with Crippen molar-refractivity contribution in [3.63, 3.8) is 0 Å². The quantitative estimate of drug-likeness (QED) is 0.303. The van der Waals surface area contributed by atoms with Crippen molar-refractivity contribution in [3.8, 4) is 11.1 Å². The molecule has 0 aliphatic rings. The van der Waals surface area contributed by atoms with Gasteiger partial charge in [0, 0.05) is 48.7 Å². The lowest BCUT2D eigenvalue weighted by Crippen LogP contribution is -2.21. The highest BCUT2D eigenvalue weighted by molar-refractivity contribution is 7.90. The maximum Gasteiger partial charge on any atom is 0.284 e. The number of amides is 1. The Hall–Kier alpha value is -3.21. The molecule has 0 aliphatic heterocycles. The van der Waals surface area contributed by atoms with E-state index in [1.807, 2.05) is 0 Å². The predicted molar refractivity (Wildman–Crippen MR) is 142 cm³/mol. The normalized spacial score (nSPS) is 12.2. The van der Waals surface area contributed by atoms with E-state index in [4.69, 9.17) is 11.6 Å². The van der Waals surface area contributed by atoms with E-state index in [9.17, 15) is 18.3 Å². The molecule has 0 fully saturated rings. The second-order valence-corrected chi connectivity index (χ2v) is 11.2. The molecule has 36 heavy (non-hydrogen) atoms. The largest absolute Gasteiger partial charge is 0.390 e. The summed E-state index contributed by atoms with van der Waals surface area (Å²) >= 11 is 6.15. The maximum atomic E-state index is 13.2. The molecule has 1 heterocycles. The van der Waals surface area contributed by atoms with Crippen LogP contribution in [0.25, 0.3) is 11.1 Å². The number of nitrogens with one attached hydrogen (secondary N) is 1. The molecule has 192 valence electrons. The molecular weight excluding hydrogens is 502 g/mol.